The Morgan fingerprint density at radius 1 is 1.19 bits per heavy atom. The molecule has 0 spiro atoms. The number of carbonyl (C=O) groups excluding carboxylic acids is 2. The number of halogens is 1. The molecule has 7 nitrogen and oxygen atoms in total. The Kier molecular flexibility index (Phi) is 5.12. The van der Waals surface area contributed by atoms with E-state index in [-0.39, 0.29) is 19.0 Å². The van der Waals surface area contributed by atoms with Crippen LogP contribution in [0.15, 0.2) is 47.6 Å². The van der Waals surface area contributed by atoms with Gasteiger partial charge in [-0.3, -0.25) is 10.1 Å². The number of nitrogens with one attached hydrogen (secondary N) is 1. The zero-order valence-electron chi connectivity index (χ0n) is 13.9. The predicted molar refractivity (Wildman–Crippen MR) is 91.6 cm³/mol. The zero-order valence-corrected chi connectivity index (χ0v) is 13.9. The first kappa shape index (κ1) is 17.4. The molecule has 1 saturated heterocycles. The van der Waals surface area contributed by atoms with Gasteiger partial charge in [0.15, 0.2) is 11.5 Å². The summed E-state index contributed by atoms with van der Waals surface area (Å²) in [7, 11) is 1.51. The molecule has 0 radical (unpaired) electrons. The van der Waals surface area contributed by atoms with Gasteiger partial charge in [-0.25, -0.2) is 14.2 Å². The second-order valence-corrected chi connectivity index (χ2v) is 5.48. The highest BCUT2D eigenvalue weighted by molar-refractivity contribution is 6.02. The van der Waals surface area contributed by atoms with Gasteiger partial charge in [-0.2, -0.15) is 5.10 Å². The van der Waals surface area contributed by atoms with Gasteiger partial charge < -0.3 is 9.47 Å². The third-order valence-corrected chi connectivity index (χ3v) is 3.62. The molecule has 26 heavy (non-hydrogen) atoms. The van der Waals surface area contributed by atoms with Gasteiger partial charge in [-0.05, 0) is 41.5 Å². The van der Waals surface area contributed by atoms with Crippen LogP contribution in [-0.2, 0) is 11.4 Å². The number of hydrogen-bond donors (Lipinski definition) is 1. The second-order valence-electron chi connectivity index (χ2n) is 5.48. The number of hydrogen-bond acceptors (Lipinski definition) is 5. The molecule has 3 amide bonds. The highest BCUT2D eigenvalue weighted by Gasteiger charge is 2.25. The number of nitrogens with zero attached hydrogens (tertiary/aromatic N) is 2. The minimum atomic E-state index is -0.558. The van der Waals surface area contributed by atoms with Crippen LogP contribution in [0.3, 0.4) is 0 Å². The topological polar surface area (TPSA) is 80.2 Å². The number of benzene rings is 2. The van der Waals surface area contributed by atoms with Crippen molar-refractivity contribution in [2.24, 2.45) is 5.10 Å². The Balaban J connectivity index is 1.68. The van der Waals surface area contributed by atoms with Crippen LogP contribution in [0.2, 0.25) is 0 Å². The number of methoxy groups -OCH3 is 1. The van der Waals surface area contributed by atoms with E-state index >= 15 is 0 Å². The van der Waals surface area contributed by atoms with Crippen molar-refractivity contribution in [2.45, 2.75) is 6.61 Å². The van der Waals surface area contributed by atoms with E-state index < -0.39 is 11.9 Å². The van der Waals surface area contributed by atoms with Crippen molar-refractivity contribution in [1.29, 1.82) is 0 Å². The van der Waals surface area contributed by atoms with Crippen LogP contribution < -0.4 is 14.8 Å². The van der Waals surface area contributed by atoms with E-state index in [1.54, 1.807) is 30.3 Å². The van der Waals surface area contributed by atoms with Crippen LogP contribution in [0.25, 0.3) is 0 Å². The number of rotatable bonds is 6. The number of amides is 3. The molecule has 0 unspecified atom stereocenters. The molecular weight excluding hydrogens is 341 g/mol. The summed E-state index contributed by atoms with van der Waals surface area (Å²) in [6, 6.07) is 10.6. The van der Waals surface area contributed by atoms with Crippen molar-refractivity contribution < 1.29 is 23.5 Å². The van der Waals surface area contributed by atoms with Gasteiger partial charge in [-0.1, -0.05) is 12.1 Å². The lowest BCUT2D eigenvalue weighted by Crippen LogP contribution is -2.24. The Morgan fingerprint density at radius 3 is 2.62 bits per heavy atom. The minimum absolute atomic E-state index is 0.106. The Hall–Kier alpha value is -3.42. The quantitative estimate of drug-likeness (QED) is 0.635. The number of hydrazone groups is 1. The van der Waals surface area contributed by atoms with Gasteiger partial charge in [0.2, 0.25) is 5.91 Å². The summed E-state index contributed by atoms with van der Waals surface area (Å²) in [5, 5.41) is 7.15. The minimum Gasteiger partial charge on any atom is -0.493 e. The van der Waals surface area contributed by atoms with Crippen LogP contribution in [0.1, 0.15) is 11.1 Å². The normalized spacial score (nSPS) is 14.0. The second kappa shape index (κ2) is 7.64. The summed E-state index contributed by atoms with van der Waals surface area (Å²) in [6.45, 7) is 0.158. The van der Waals surface area contributed by atoms with E-state index in [4.69, 9.17) is 9.47 Å². The largest absolute Gasteiger partial charge is 0.493 e. The molecule has 2 aromatic rings. The lowest BCUT2D eigenvalue weighted by Gasteiger charge is -2.11. The van der Waals surface area contributed by atoms with Gasteiger partial charge in [0.1, 0.15) is 19.0 Å². The molecule has 1 heterocycles. The maximum atomic E-state index is 12.9. The Labute approximate surface area is 149 Å². The molecule has 1 aliphatic heterocycles. The van der Waals surface area contributed by atoms with Crippen molar-refractivity contribution in [1.82, 2.24) is 10.3 Å². The number of ether oxygens (including phenoxy) is 2. The third-order valence-electron chi connectivity index (χ3n) is 3.62. The molecule has 8 heteroatoms. The molecule has 134 valence electrons. The van der Waals surface area contributed by atoms with Crippen molar-refractivity contribution in [3.05, 3.63) is 59.4 Å². The van der Waals surface area contributed by atoms with Crippen molar-refractivity contribution in [2.75, 3.05) is 13.7 Å². The van der Waals surface area contributed by atoms with Crippen LogP contribution in [-0.4, -0.2) is 36.8 Å². The van der Waals surface area contributed by atoms with Crippen molar-refractivity contribution in [3.63, 3.8) is 0 Å². The highest BCUT2D eigenvalue weighted by atomic mass is 19.1. The molecule has 3 rings (SSSR count). The SMILES string of the molecule is COc1cc(/C=N\N2CC(=O)NC2=O)ccc1OCc1ccc(F)cc1. The van der Waals surface area contributed by atoms with E-state index in [2.05, 4.69) is 10.4 Å². The number of carbonyl (C=O) groups is 2. The molecule has 2 aromatic carbocycles. The first-order chi connectivity index (χ1) is 12.5. The van der Waals surface area contributed by atoms with Crippen LogP contribution >= 0.6 is 0 Å². The molecule has 0 atom stereocenters. The smallest absolute Gasteiger partial charge is 0.344 e. The van der Waals surface area contributed by atoms with E-state index in [0.717, 1.165) is 10.6 Å². The van der Waals surface area contributed by atoms with Gasteiger partial charge in [0.25, 0.3) is 0 Å². The fourth-order valence-electron chi connectivity index (χ4n) is 2.29. The maximum absolute atomic E-state index is 12.9. The molecule has 1 N–H and O–H groups in total. The van der Waals surface area contributed by atoms with Gasteiger partial charge >= 0.3 is 6.03 Å². The highest BCUT2D eigenvalue weighted by Crippen LogP contribution is 2.28. The summed E-state index contributed by atoms with van der Waals surface area (Å²) in [4.78, 5) is 22.6. The molecular formula is C18H16FN3O4. The number of imide groups is 1. The Bertz CT molecular complexity index is 852. The summed E-state index contributed by atoms with van der Waals surface area (Å²) in [6.07, 6.45) is 1.45. The summed E-state index contributed by atoms with van der Waals surface area (Å²) >= 11 is 0. The van der Waals surface area contributed by atoms with Crippen molar-refractivity contribution in [3.8, 4) is 11.5 Å². The predicted octanol–water partition coefficient (Wildman–Crippen LogP) is 2.30. The summed E-state index contributed by atoms with van der Waals surface area (Å²) in [5.74, 6) is 0.304. The fraction of sp³-hybridized carbons (Fsp3) is 0.167. The molecule has 1 aliphatic rings. The maximum Gasteiger partial charge on any atom is 0.344 e. The van der Waals surface area contributed by atoms with Crippen LogP contribution in [0.5, 0.6) is 11.5 Å². The zero-order chi connectivity index (χ0) is 18.5. The average Bonchev–Trinajstić information content (AvgIpc) is 2.97. The van der Waals surface area contributed by atoms with Gasteiger partial charge in [0.05, 0.1) is 13.3 Å². The average molecular weight is 357 g/mol. The monoisotopic (exact) mass is 357 g/mol. The first-order valence-electron chi connectivity index (χ1n) is 7.76. The fourth-order valence-corrected chi connectivity index (χ4v) is 2.29. The molecule has 0 aromatic heterocycles. The Morgan fingerprint density at radius 2 is 1.96 bits per heavy atom. The van der Waals surface area contributed by atoms with E-state index in [0.29, 0.717) is 17.1 Å². The van der Waals surface area contributed by atoms with Crippen molar-refractivity contribution >= 4 is 18.2 Å². The number of urea groups is 1. The van der Waals surface area contributed by atoms with Gasteiger partial charge in [-0.15, -0.1) is 0 Å². The summed E-state index contributed by atoms with van der Waals surface area (Å²) in [5.41, 5.74) is 1.49. The molecule has 0 aliphatic carbocycles. The van der Waals surface area contributed by atoms with Gasteiger partial charge in [0, 0.05) is 0 Å². The summed E-state index contributed by atoms with van der Waals surface area (Å²) < 4.78 is 23.9. The lowest BCUT2D eigenvalue weighted by atomic mass is 10.2. The first-order valence-corrected chi connectivity index (χ1v) is 7.76. The molecule has 0 bridgehead atoms. The van der Waals surface area contributed by atoms with Crippen LogP contribution in [0.4, 0.5) is 9.18 Å². The van der Waals surface area contributed by atoms with E-state index in [1.165, 1.54) is 25.5 Å². The lowest BCUT2D eigenvalue weighted by molar-refractivity contribution is -0.118. The molecule has 0 saturated carbocycles. The standard InChI is InChI=1S/C18H16FN3O4/c1-25-16-8-13(9-20-22-10-17(23)21-18(22)24)4-7-15(16)26-11-12-2-5-14(19)6-3-12/h2-9H,10-11H2,1H3,(H,21,23,24)/b20-9-. The third kappa shape index (κ3) is 4.15. The van der Waals surface area contributed by atoms with E-state index in [9.17, 15) is 14.0 Å². The molecule has 1 fully saturated rings. The van der Waals surface area contributed by atoms with Crippen LogP contribution in [0, 0.1) is 5.82 Å². The van der Waals surface area contributed by atoms with E-state index in [1.807, 2.05) is 0 Å².